The molecule has 4 rings (SSSR count). The summed E-state index contributed by atoms with van der Waals surface area (Å²) in [5, 5.41) is 2.38. The number of benzene rings is 2. The van der Waals surface area contributed by atoms with Gasteiger partial charge >= 0.3 is 0 Å². The van der Waals surface area contributed by atoms with E-state index in [0.29, 0.717) is 11.8 Å². The van der Waals surface area contributed by atoms with Gasteiger partial charge in [0.1, 0.15) is 16.9 Å². The smallest absolute Gasteiger partial charge is 0.134 e. The average molecular weight is 320 g/mol. The standard InChI is InChI=1S/2C11H12O/c1-8(2)10-4-3-9-5-6-12-11(9)7-10;1-8(2)11-7-9-5-3-4-6-10(9)12-11/h2*3-8H,1-2H3. The molecule has 0 unspecified atom stereocenters. The Morgan fingerprint density at radius 1 is 0.708 bits per heavy atom. The summed E-state index contributed by atoms with van der Waals surface area (Å²) in [6, 6.07) is 18.6. The van der Waals surface area contributed by atoms with Crippen molar-refractivity contribution in [3.63, 3.8) is 0 Å². The van der Waals surface area contributed by atoms with Crippen molar-refractivity contribution in [1.29, 1.82) is 0 Å². The van der Waals surface area contributed by atoms with Crippen LogP contribution < -0.4 is 0 Å². The second-order valence-electron chi connectivity index (χ2n) is 6.71. The molecule has 0 saturated carbocycles. The topological polar surface area (TPSA) is 26.3 Å². The summed E-state index contributed by atoms with van der Waals surface area (Å²) in [4.78, 5) is 0. The molecular formula is C22H24O2. The van der Waals surface area contributed by atoms with Gasteiger partial charge in [-0.1, -0.05) is 58.0 Å². The van der Waals surface area contributed by atoms with Crippen LogP contribution in [0, 0.1) is 0 Å². The molecule has 0 radical (unpaired) electrons. The highest BCUT2D eigenvalue weighted by Crippen LogP contribution is 2.24. The molecule has 4 aromatic rings. The summed E-state index contributed by atoms with van der Waals surface area (Å²) in [7, 11) is 0. The van der Waals surface area contributed by atoms with E-state index in [2.05, 4.69) is 58.0 Å². The van der Waals surface area contributed by atoms with E-state index in [9.17, 15) is 0 Å². The van der Waals surface area contributed by atoms with Crippen molar-refractivity contribution in [1.82, 2.24) is 0 Å². The second-order valence-corrected chi connectivity index (χ2v) is 6.71. The van der Waals surface area contributed by atoms with Crippen LogP contribution >= 0.6 is 0 Å². The minimum Gasteiger partial charge on any atom is -0.464 e. The molecule has 0 amide bonds. The molecule has 0 bridgehead atoms. The molecule has 2 nitrogen and oxygen atoms in total. The van der Waals surface area contributed by atoms with Crippen LogP contribution in [0.3, 0.4) is 0 Å². The van der Waals surface area contributed by atoms with Gasteiger partial charge in [0.25, 0.3) is 0 Å². The molecule has 0 saturated heterocycles. The van der Waals surface area contributed by atoms with Gasteiger partial charge < -0.3 is 8.83 Å². The van der Waals surface area contributed by atoms with Crippen molar-refractivity contribution in [3.05, 3.63) is 72.2 Å². The van der Waals surface area contributed by atoms with Crippen LogP contribution in [0.1, 0.15) is 50.9 Å². The third-order valence-corrected chi connectivity index (χ3v) is 4.16. The Labute approximate surface area is 143 Å². The minimum absolute atomic E-state index is 0.470. The predicted octanol–water partition coefficient (Wildman–Crippen LogP) is 7.11. The van der Waals surface area contributed by atoms with Gasteiger partial charge in [-0.15, -0.1) is 0 Å². The van der Waals surface area contributed by atoms with E-state index in [-0.39, 0.29) is 0 Å². The van der Waals surface area contributed by atoms with Gasteiger partial charge in [-0.2, -0.15) is 0 Å². The zero-order valence-corrected chi connectivity index (χ0v) is 14.7. The highest BCUT2D eigenvalue weighted by Gasteiger charge is 2.05. The van der Waals surface area contributed by atoms with Gasteiger partial charge in [-0.05, 0) is 35.7 Å². The van der Waals surface area contributed by atoms with Crippen molar-refractivity contribution in [2.24, 2.45) is 0 Å². The number of hydrogen-bond acceptors (Lipinski definition) is 2. The third kappa shape index (κ3) is 3.53. The summed E-state index contributed by atoms with van der Waals surface area (Å²) in [6.45, 7) is 8.64. The Bertz CT molecular complexity index is 886. The molecule has 0 atom stereocenters. The zero-order valence-electron chi connectivity index (χ0n) is 14.7. The highest BCUT2D eigenvalue weighted by molar-refractivity contribution is 5.78. The monoisotopic (exact) mass is 320 g/mol. The van der Waals surface area contributed by atoms with Crippen LogP contribution in [0.2, 0.25) is 0 Å². The van der Waals surface area contributed by atoms with Gasteiger partial charge in [0.05, 0.1) is 6.26 Å². The van der Waals surface area contributed by atoms with Crippen LogP contribution in [-0.4, -0.2) is 0 Å². The van der Waals surface area contributed by atoms with E-state index < -0.39 is 0 Å². The van der Waals surface area contributed by atoms with Crippen molar-refractivity contribution < 1.29 is 8.83 Å². The van der Waals surface area contributed by atoms with E-state index in [1.54, 1.807) is 6.26 Å². The maximum Gasteiger partial charge on any atom is 0.134 e. The largest absolute Gasteiger partial charge is 0.464 e. The molecule has 0 fully saturated rings. The Balaban J connectivity index is 0.000000141. The van der Waals surface area contributed by atoms with Gasteiger partial charge in [0.15, 0.2) is 0 Å². The molecule has 0 aliphatic carbocycles. The maximum atomic E-state index is 5.63. The number of hydrogen-bond donors (Lipinski definition) is 0. The van der Waals surface area contributed by atoms with Gasteiger partial charge in [-0.3, -0.25) is 0 Å². The van der Waals surface area contributed by atoms with Crippen LogP contribution in [-0.2, 0) is 0 Å². The van der Waals surface area contributed by atoms with E-state index in [4.69, 9.17) is 8.83 Å². The fraction of sp³-hybridized carbons (Fsp3) is 0.273. The predicted molar refractivity (Wildman–Crippen MR) is 101 cm³/mol. The fourth-order valence-electron chi connectivity index (χ4n) is 2.62. The van der Waals surface area contributed by atoms with Crippen LogP contribution in [0.25, 0.3) is 21.9 Å². The van der Waals surface area contributed by atoms with E-state index in [1.165, 1.54) is 16.3 Å². The molecule has 0 aliphatic rings. The Hall–Kier alpha value is -2.48. The maximum absolute atomic E-state index is 5.63. The van der Waals surface area contributed by atoms with E-state index in [0.717, 1.165) is 16.9 Å². The molecule has 2 aromatic carbocycles. The lowest BCUT2D eigenvalue weighted by Crippen LogP contribution is -1.84. The SMILES string of the molecule is CC(C)c1cc2ccccc2o1.CC(C)c1ccc2ccoc2c1. The summed E-state index contributed by atoms with van der Waals surface area (Å²) in [5.41, 5.74) is 3.31. The van der Waals surface area contributed by atoms with Crippen molar-refractivity contribution >= 4 is 21.9 Å². The normalized spacial score (nSPS) is 11.2. The molecule has 0 N–H and O–H groups in total. The first-order chi connectivity index (χ1) is 11.5. The first-order valence-electron chi connectivity index (χ1n) is 8.50. The first kappa shape index (κ1) is 16.4. The van der Waals surface area contributed by atoms with Crippen LogP contribution in [0.4, 0.5) is 0 Å². The molecule has 124 valence electrons. The zero-order chi connectivity index (χ0) is 17.1. The summed E-state index contributed by atoms with van der Waals surface area (Å²) in [5.74, 6) is 2.10. The molecule has 2 aromatic heterocycles. The molecular weight excluding hydrogens is 296 g/mol. The average Bonchev–Trinajstić information content (AvgIpc) is 3.21. The van der Waals surface area contributed by atoms with Crippen LogP contribution in [0.5, 0.6) is 0 Å². The molecule has 2 heterocycles. The molecule has 2 heteroatoms. The fourth-order valence-corrected chi connectivity index (χ4v) is 2.62. The molecule has 0 spiro atoms. The Kier molecular flexibility index (Phi) is 4.75. The van der Waals surface area contributed by atoms with Crippen LogP contribution in [0.15, 0.2) is 69.7 Å². The second kappa shape index (κ2) is 6.96. The highest BCUT2D eigenvalue weighted by atomic mass is 16.3. The van der Waals surface area contributed by atoms with Crippen molar-refractivity contribution in [2.75, 3.05) is 0 Å². The lowest BCUT2D eigenvalue weighted by Gasteiger charge is -2.03. The number of para-hydroxylation sites is 1. The number of furan rings is 2. The molecule has 24 heavy (non-hydrogen) atoms. The molecule has 0 aliphatic heterocycles. The lowest BCUT2D eigenvalue weighted by atomic mass is 10.0. The van der Waals surface area contributed by atoms with Gasteiger partial charge in [0.2, 0.25) is 0 Å². The van der Waals surface area contributed by atoms with E-state index >= 15 is 0 Å². The summed E-state index contributed by atoms with van der Waals surface area (Å²) >= 11 is 0. The van der Waals surface area contributed by atoms with Gasteiger partial charge in [-0.25, -0.2) is 0 Å². The summed E-state index contributed by atoms with van der Waals surface area (Å²) < 4.78 is 10.9. The van der Waals surface area contributed by atoms with Gasteiger partial charge in [0, 0.05) is 16.7 Å². The number of rotatable bonds is 2. The van der Waals surface area contributed by atoms with Crippen molar-refractivity contribution in [3.8, 4) is 0 Å². The minimum atomic E-state index is 0.470. The first-order valence-corrected chi connectivity index (χ1v) is 8.50. The quantitative estimate of drug-likeness (QED) is 0.393. The van der Waals surface area contributed by atoms with E-state index in [1.807, 2.05) is 24.3 Å². The van der Waals surface area contributed by atoms with Crippen molar-refractivity contribution in [2.45, 2.75) is 39.5 Å². The lowest BCUT2D eigenvalue weighted by molar-refractivity contribution is 0.522. The Morgan fingerprint density at radius 2 is 1.50 bits per heavy atom. The third-order valence-electron chi connectivity index (χ3n) is 4.16. The summed E-state index contributed by atoms with van der Waals surface area (Å²) in [6.07, 6.45) is 1.73. The Morgan fingerprint density at radius 3 is 2.21 bits per heavy atom. The number of fused-ring (bicyclic) bond motifs is 2.